The molecule has 0 radical (unpaired) electrons. The second kappa shape index (κ2) is 3.23. The molecule has 1 heterocycles. The zero-order valence-corrected chi connectivity index (χ0v) is 9.12. The summed E-state index contributed by atoms with van der Waals surface area (Å²) in [6.45, 7) is 6.14. The zero-order chi connectivity index (χ0) is 10.3. The van der Waals surface area contributed by atoms with Gasteiger partial charge in [-0.3, -0.25) is 4.79 Å². The van der Waals surface area contributed by atoms with Crippen molar-refractivity contribution in [2.24, 2.45) is 17.1 Å². The number of carbonyl (C=O) groups excluding carboxylic acids is 1. The van der Waals surface area contributed by atoms with Crippen LogP contribution in [0.4, 0.5) is 0 Å². The van der Waals surface area contributed by atoms with Crippen LogP contribution in [-0.4, -0.2) is 29.9 Å². The first-order chi connectivity index (χ1) is 6.53. The van der Waals surface area contributed by atoms with E-state index in [1.807, 2.05) is 4.90 Å². The summed E-state index contributed by atoms with van der Waals surface area (Å²) < 4.78 is 0. The fraction of sp³-hybridized carbons (Fsp3) is 0.909. The maximum Gasteiger partial charge on any atom is 0.226 e. The molecule has 1 aliphatic carbocycles. The molecular weight excluding hydrogens is 176 g/mol. The number of rotatable bonds is 1. The van der Waals surface area contributed by atoms with Gasteiger partial charge in [-0.05, 0) is 24.7 Å². The van der Waals surface area contributed by atoms with Crippen molar-refractivity contribution in [2.75, 3.05) is 13.1 Å². The lowest BCUT2D eigenvalue weighted by Gasteiger charge is -2.50. The third-order valence-electron chi connectivity index (χ3n) is 4.06. The molecule has 0 spiro atoms. The lowest BCUT2D eigenvalue weighted by atomic mass is 9.58. The highest BCUT2D eigenvalue weighted by Crippen LogP contribution is 2.46. The average Bonchev–Trinajstić information content (AvgIpc) is 2.65. The van der Waals surface area contributed by atoms with Gasteiger partial charge < -0.3 is 10.6 Å². The number of nitrogens with two attached hydrogens (primary N) is 1. The minimum Gasteiger partial charge on any atom is -0.342 e. The van der Waals surface area contributed by atoms with Gasteiger partial charge in [0.2, 0.25) is 5.91 Å². The van der Waals surface area contributed by atoms with Crippen LogP contribution in [0.15, 0.2) is 0 Å². The Bertz CT molecular complexity index is 244. The summed E-state index contributed by atoms with van der Waals surface area (Å²) in [5.74, 6) is 0.518. The van der Waals surface area contributed by atoms with Crippen LogP contribution < -0.4 is 5.73 Å². The molecule has 2 atom stereocenters. The normalized spacial score (nSPS) is 35.5. The van der Waals surface area contributed by atoms with E-state index in [1.165, 1.54) is 12.8 Å². The number of likely N-dealkylation sites (tertiary alicyclic amines) is 1. The fourth-order valence-corrected chi connectivity index (χ4v) is 2.54. The van der Waals surface area contributed by atoms with Crippen molar-refractivity contribution in [3.63, 3.8) is 0 Å². The molecule has 1 amide bonds. The van der Waals surface area contributed by atoms with Gasteiger partial charge in [0.05, 0.1) is 0 Å². The molecule has 0 aromatic heterocycles. The molecule has 0 aromatic rings. The molecule has 2 rings (SSSR count). The van der Waals surface area contributed by atoms with Crippen LogP contribution in [0, 0.1) is 11.3 Å². The molecule has 2 aliphatic rings. The average molecular weight is 196 g/mol. The van der Waals surface area contributed by atoms with E-state index in [0.717, 1.165) is 19.5 Å². The molecular formula is C11H20N2O. The molecule has 1 saturated heterocycles. The molecule has 0 bridgehead atoms. The van der Waals surface area contributed by atoms with Gasteiger partial charge in [-0.25, -0.2) is 0 Å². The van der Waals surface area contributed by atoms with Crippen LogP contribution in [0.5, 0.6) is 0 Å². The van der Waals surface area contributed by atoms with Gasteiger partial charge in [-0.1, -0.05) is 13.8 Å². The minimum atomic E-state index is 0.0136. The van der Waals surface area contributed by atoms with Crippen molar-refractivity contribution in [2.45, 2.75) is 39.2 Å². The zero-order valence-electron chi connectivity index (χ0n) is 9.12. The Hall–Kier alpha value is -0.570. The summed E-state index contributed by atoms with van der Waals surface area (Å²) in [5.41, 5.74) is 5.93. The van der Waals surface area contributed by atoms with Crippen LogP contribution in [-0.2, 0) is 4.79 Å². The lowest BCUT2D eigenvalue weighted by molar-refractivity contribution is -0.146. The first-order valence-electron chi connectivity index (χ1n) is 5.58. The SMILES string of the molecule is CC1(C)C(N)C[C@H]1C(=O)N1CCCC1. The van der Waals surface area contributed by atoms with Gasteiger partial charge in [0.15, 0.2) is 0 Å². The first kappa shape index (κ1) is 9.97. The second-order valence-corrected chi connectivity index (χ2v) is 5.25. The van der Waals surface area contributed by atoms with Crippen molar-refractivity contribution in [3.8, 4) is 0 Å². The van der Waals surface area contributed by atoms with Crippen molar-refractivity contribution >= 4 is 5.91 Å². The Morgan fingerprint density at radius 1 is 1.36 bits per heavy atom. The van der Waals surface area contributed by atoms with Gasteiger partial charge in [-0.15, -0.1) is 0 Å². The highest BCUT2D eigenvalue weighted by atomic mass is 16.2. The number of hydrogen-bond donors (Lipinski definition) is 1. The van der Waals surface area contributed by atoms with Gasteiger partial charge in [-0.2, -0.15) is 0 Å². The third kappa shape index (κ3) is 1.34. The molecule has 1 aliphatic heterocycles. The maximum atomic E-state index is 12.1. The largest absolute Gasteiger partial charge is 0.342 e. The highest BCUT2D eigenvalue weighted by Gasteiger charge is 2.51. The first-order valence-corrected chi connectivity index (χ1v) is 5.58. The standard InChI is InChI=1S/C11H20N2O/c1-11(2)8(7-9(11)12)10(14)13-5-3-4-6-13/h8-9H,3-7,12H2,1-2H3/t8-,9?/m0/s1. The Labute approximate surface area is 85.6 Å². The monoisotopic (exact) mass is 196 g/mol. The smallest absolute Gasteiger partial charge is 0.226 e. The van der Waals surface area contributed by atoms with E-state index in [0.29, 0.717) is 5.91 Å². The topological polar surface area (TPSA) is 46.3 Å². The number of nitrogens with zero attached hydrogens (tertiary/aromatic N) is 1. The summed E-state index contributed by atoms with van der Waals surface area (Å²) in [6.07, 6.45) is 3.22. The summed E-state index contributed by atoms with van der Waals surface area (Å²) >= 11 is 0. The minimum absolute atomic E-state index is 0.0136. The molecule has 2 N–H and O–H groups in total. The number of hydrogen-bond acceptors (Lipinski definition) is 2. The molecule has 1 saturated carbocycles. The van der Waals surface area contributed by atoms with E-state index < -0.39 is 0 Å². The van der Waals surface area contributed by atoms with Crippen LogP contribution in [0.2, 0.25) is 0 Å². The maximum absolute atomic E-state index is 12.1. The van der Waals surface area contributed by atoms with Crippen LogP contribution >= 0.6 is 0 Å². The Morgan fingerprint density at radius 2 is 1.93 bits per heavy atom. The van der Waals surface area contributed by atoms with Crippen LogP contribution in [0.25, 0.3) is 0 Å². The highest BCUT2D eigenvalue weighted by molar-refractivity contribution is 5.81. The van der Waals surface area contributed by atoms with E-state index in [2.05, 4.69) is 13.8 Å². The quantitative estimate of drug-likeness (QED) is 0.679. The molecule has 0 aromatic carbocycles. The summed E-state index contributed by atoms with van der Waals surface area (Å²) in [6, 6.07) is 0.207. The molecule has 3 nitrogen and oxygen atoms in total. The van der Waals surface area contributed by atoms with Gasteiger partial charge in [0.25, 0.3) is 0 Å². The Morgan fingerprint density at radius 3 is 2.36 bits per heavy atom. The van der Waals surface area contributed by atoms with E-state index in [9.17, 15) is 4.79 Å². The predicted molar refractivity (Wildman–Crippen MR) is 55.7 cm³/mol. The molecule has 1 unspecified atom stereocenters. The predicted octanol–water partition coefficient (Wildman–Crippen LogP) is 0.982. The fourth-order valence-electron chi connectivity index (χ4n) is 2.54. The molecule has 3 heteroatoms. The van der Waals surface area contributed by atoms with Crippen molar-refractivity contribution < 1.29 is 4.79 Å². The summed E-state index contributed by atoms with van der Waals surface area (Å²) in [4.78, 5) is 14.1. The van der Waals surface area contributed by atoms with Gasteiger partial charge >= 0.3 is 0 Å². The van der Waals surface area contributed by atoms with E-state index in [1.54, 1.807) is 0 Å². The van der Waals surface area contributed by atoms with E-state index in [4.69, 9.17) is 5.73 Å². The summed E-state index contributed by atoms with van der Waals surface area (Å²) in [7, 11) is 0. The van der Waals surface area contributed by atoms with Crippen LogP contribution in [0.1, 0.15) is 33.1 Å². The molecule has 2 fully saturated rings. The van der Waals surface area contributed by atoms with E-state index in [-0.39, 0.29) is 17.4 Å². The summed E-state index contributed by atoms with van der Waals surface area (Å²) in [5, 5.41) is 0. The number of amides is 1. The van der Waals surface area contributed by atoms with Gasteiger partial charge in [0.1, 0.15) is 0 Å². The molecule has 14 heavy (non-hydrogen) atoms. The molecule has 80 valence electrons. The Kier molecular flexibility index (Phi) is 2.30. The van der Waals surface area contributed by atoms with Crippen molar-refractivity contribution in [1.29, 1.82) is 0 Å². The van der Waals surface area contributed by atoms with Crippen molar-refractivity contribution in [1.82, 2.24) is 4.90 Å². The third-order valence-corrected chi connectivity index (χ3v) is 4.06. The van der Waals surface area contributed by atoms with Crippen LogP contribution in [0.3, 0.4) is 0 Å². The number of carbonyl (C=O) groups is 1. The van der Waals surface area contributed by atoms with Crippen molar-refractivity contribution in [3.05, 3.63) is 0 Å². The Balaban J connectivity index is 1.99. The van der Waals surface area contributed by atoms with Gasteiger partial charge in [0, 0.05) is 25.0 Å². The van der Waals surface area contributed by atoms with E-state index >= 15 is 0 Å². The second-order valence-electron chi connectivity index (χ2n) is 5.25. The lowest BCUT2D eigenvalue weighted by Crippen LogP contribution is -2.59.